The zero-order chi connectivity index (χ0) is 32.2. The van der Waals surface area contributed by atoms with Gasteiger partial charge in [-0.2, -0.15) is 0 Å². The minimum absolute atomic E-state index is 0.102. The number of carbonyl (C=O) groups is 4. The van der Waals surface area contributed by atoms with Gasteiger partial charge in [-0.1, -0.05) is 52.4 Å². The van der Waals surface area contributed by atoms with Crippen molar-refractivity contribution in [2.24, 2.45) is 0 Å². The number of cyclic esters (lactones) is 2. The third-order valence-corrected chi connectivity index (χ3v) is 12.3. The van der Waals surface area contributed by atoms with Crippen LogP contribution in [0.4, 0.5) is 0 Å². The number of ether oxygens (including phenoxy) is 2. The Labute approximate surface area is 287 Å². The molecule has 236 valence electrons. The van der Waals surface area contributed by atoms with E-state index in [1.54, 1.807) is 23.5 Å². The molecule has 45 heavy (non-hydrogen) atoms. The molecule has 0 fully saturated rings. The van der Waals surface area contributed by atoms with E-state index in [4.69, 9.17) is 9.47 Å². The van der Waals surface area contributed by atoms with E-state index in [0.29, 0.717) is 21.9 Å². The van der Waals surface area contributed by atoms with Crippen molar-refractivity contribution in [1.82, 2.24) is 0 Å². The second-order valence-electron chi connectivity index (χ2n) is 11.3. The molecule has 10 heteroatoms. The van der Waals surface area contributed by atoms with Crippen LogP contribution in [-0.4, -0.2) is 24.4 Å². The molecule has 0 saturated carbocycles. The van der Waals surface area contributed by atoms with Gasteiger partial charge >= 0.3 is 24.4 Å². The highest BCUT2D eigenvalue weighted by Gasteiger charge is 2.35. The molecule has 0 radical (unpaired) electrons. The van der Waals surface area contributed by atoms with Crippen molar-refractivity contribution >= 4 is 89.7 Å². The zero-order valence-corrected chi connectivity index (χ0v) is 30.3. The molecule has 0 bridgehead atoms. The van der Waals surface area contributed by atoms with Gasteiger partial charge in [0.2, 0.25) is 0 Å². The van der Waals surface area contributed by atoms with Crippen molar-refractivity contribution in [1.29, 1.82) is 0 Å². The normalized spacial score (nSPS) is 12.6. The van der Waals surface area contributed by atoms with E-state index >= 15 is 0 Å². The predicted molar refractivity (Wildman–Crippen MR) is 188 cm³/mol. The van der Waals surface area contributed by atoms with Gasteiger partial charge in [-0.3, -0.25) is 4.79 Å². The Morgan fingerprint density at radius 2 is 1.36 bits per heavy atom. The highest BCUT2D eigenvalue weighted by atomic mass is 79.9. The summed E-state index contributed by atoms with van der Waals surface area (Å²) >= 11 is 10.4. The molecule has 5 rings (SSSR count). The number of halogens is 2. The van der Waals surface area contributed by atoms with E-state index < -0.39 is 17.9 Å². The van der Waals surface area contributed by atoms with Crippen molar-refractivity contribution in [3.05, 3.63) is 65.2 Å². The summed E-state index contributed by atoms with van der Waals surface area (Å²) in [7, 11) is 0. The van der Waals surface area contributed by atoms with Gasteiger partial charge in [-0.15, -0.1) is 22.7 Å². The number of carbonyl (C=O) groups excluding carboxylic acids is 4. The van der Waals surface area contributed by atoms with Gasteiger partial charge in [-0.05, 0) is 111 Å². The van der Waals surface area contributed by atoms with Crippen molar-refractivity contribution in [2.45, 2.75) is 85.0 Å². The summed E-state index contributed by atoms with van der Waals surface area (Å²) in [6.07, 6.45) is 10.8. The van der Waals surface area contributed by atoms with E-state index in [9.17, 15) is 19.2 Å². The maximum absolute atomic E-state index is 13.5. The number of esters is 3. The standard InChI is InChI=1S/C35H34Br2O6S2/c1-4-6-8-10-12-20-14-26(44-31(20)36)22-16-25-29-28(19(22)3)24(33(39)42-18-38)17-23(30(29)35(41)43-34(25)40)27-15-21(32(37)45-27)13-11-9-7-5-2/h14-18H,4-13H2,1-3H3. The minimum atomic E-state index is -0.852. The van der Waals surface area contributed by atoms with Crippen LogP contribution in [0.3, 0.4) is 0 Å². The molecular formula is C35H34Br2O6S2. The van der Waals surface area contributed by atoms with Crippen LogP contribution in [0.1, 0.15) is 113 Å². The molecule has 3 heterocycles. The average Bonchev–Trinajstić information content (AvgIpc) is 3.57. The van der Waals surface area contributed by atoms with Crippen LogP contribution < -0.4 is 0 Å². The first kappa shape index (κ1) is 33.7. The molecule has 0 atom stereocenters. The van der Waals surface area contributed by atoms with Crippen LogP contribution >= 0.6 is 54.5 Å². The van der Waals surface area contributed by atoms with Crippen LogP contribution in [0.25, 0.3) is 31.7 Å². The first-order chi connectivity index (χ1) is 21.7. The van der Waals surface area contributed by atoms with E-state index in [2.05, 4.69) is 51.8 Å². The summed E-state index contributed by atoms with van der Waals surface area (Å²) in [6.45, 7) is 6.33. The van der Waals surface area contributed by atoms with Crippen molar-refractivity contribution in [3.8, 4) is 20.9 Å². The Kier molecular flexibility index (Phi) is 11.1. The van der Waals surface area contributed by atoms with Crippen LogP contribution in [0.15, 0.2) is 31.8 Å². The fourth-order valence-electron chi connectivity index (χ4n) is 5.99. The Balaban J connectivity index is 1.71. The van der Waals surface area contributed by atoms with E-state index in [0.717, 1.165) is 79.8 Å². The molecule has 1 aliphatic rings. The van der Waals surface area contributed by atoms with Gasteiger partial charge in [0.15, 0.2) is 0 Å². The predicted octanol–water partition coefficient (Wildman–Crippen LogP) is 11.0. The smallest absolute Gasteiger partial charge is 0.347 e. The Morgan fingerprint density at radius 1 is 0.778 bits per heavy atom. The number of hydrogen-bond acceptors (Lipinski definition) is 8. The molecule has 2 aromatic carbocycles. The van der Waals surface area contributed by atoms with Crippen LogP contribution in [-0.2, 0) is 27.1 Å². The molecule has 0 unspecified atom stereocenters. The third-order valence-electron chi connectivity index (χ3n) is 8.29. The first-order valence-corrected chi connectivity index (χ1v) is 18.5. The van der Waals surface area contributed by atoms with Crippen molar-refractivity contribution in [3.63, 3.8) is 0 Å². The summed E-state index contributed by atoms with van der Waals surface area (Å²) in [5, 5.41) is 0.750. The summed E-state index contributed by atoms with van der Waals surface area (Å²) in [6, 6.07) is 7.49. The van der Waals surface area contributed by atoms with Crippen molar-refractivity contribution in [2.75, 3.05) is 0 Å². The minimum Gasteiger partial charge on any atom is -0.392 e. The lowest BCUT2D eigenvalue weighted by Gasteiger charge is -2.23. The largest absolute Gasteiger partial charge is 0.392 e. The summed E-state index contributed by atoms with van der Waals surface area (Å²) in [5.41, 5.74) is 4.75. The van der Waals surface area contributed by atoms with E-state index in [1.807, 2.05) is 13.0 Å². The number of aryl methyl sites for hydroxylation is 3. The third kappa shape index (κ3) is 6.89. The van der Waals surface area contributed by atoms with E-state index in [-0.39, 0.29) is 23.2 Å². The molecule has 6 nitrogen and oxygen atoms in total. The van der Waals surface area contributed by atoms with Gasteiger partial charge < -0.3 is 9.47 Å². The zero-order valence-electron chi connectivity index (χ0n) is 25.5. The lowest BCUT2D eigenvalue weighted by atomic mass is 9.85. The molecule has 0 amide bonds. The topological polar surface area (TPSA) is 86.7 Å². The van der Waals surface area contributed by atoms with E-state index in [1.165, 1.54) is 29.7 Å². The second-order valence-corrected chi connectivity index (χ2v) is 16.1. The quantitative estimate of drug-likeness (QED) is 0.0549. The summed E-state index contributed by atoms with van der Waals surface area (Å²) < 4.78 is 12.2. The maximum atomic E-state index is 13.5. The lowest BCUT2D eigenvalue weighted by Crippen LogP contribution is -2.22. The van der Waals surface area contributed by atoms with Crippen LogP contribution in [0, 0.1) is 6.92 Å². The molecule has 2 aromatic heterocycles. The molecule has 0 spiro atoms. The van der Waals surface area contributed by atoms with Gasteiger partial charge in [0.05, 0.1) is 24.3 Å². The van der Waals surface area contributed by atoms with Gasteiger partial charge in [0.1, 0.15) is 0 Å². The van der Waals surface area contributed by atoms with Crippen molar-refractivity contribution < 1.29 is 28.7 Å². The Bertz CT molecular complexity index is 1800. The number of benzene rings is 2. The number of thiophene rings is 2. The van der Waals surface area contributed by atoms with Gasteiger partial charge in [0, 0.05) is 26.1 Å². The molecule has 0 aliphatic carbocycles. The average molecular weight is 775 g/mol. The Hall–Kier alpha value is -2.66. The SMILES string of the molecule is CCCCCCc1cc(-c2cc3c4c(c(-c5cc(CCCCCC)c(Br)s5)cc(C(=O)OC=O)c4c2C)C(=O)OC3=O)sc1Br. The second kappa shape index (κ2) is 14.8. The molecule has 4 aromatic rings. The number of rotatable bonds is 14. The molecular weight excluding hydrogens is 740 g/mol. The first-order valence-electron chi connectivity index (χ1n) is 15.3. The highest BCUT2D eigenvalue weighted by Crippen LogP contribution is 2.47. The fraction of sp³-hybridized carbons (Fsp3) is 0.371. The maximum Gasteiger partial charge on any atom is 0.347 e. The van der Waals surface area contributed by atoms with Gasteiger partial charge in [-0.25, -0.2) is 14.4 Å². The lowest BCUT2D eigenvalue weighted by molar-refractivity contribution is -0.123. The number of hydrogen-bond donors (Lipinski definition) is 0. The number of unbranched alkanes of at least 4 members (excludes halogenated alkanes) is 6. The monoisotopic (exact) mass is 772 g/mol. The van der Waals surface area contributed by atoms with Crippen LogP contribution in [0.2, 0.25) is 0 Å². The fourth-order valence-corrected chi connectivity index (χ4v) is 9.62. The molecule has 0 N–H and O–H groups in total. The molecule has 1 aliphatic heterocycles. The van der Waals surface area contributed by atoms with Crippen LogP contribution in [0.5, 0.6) is 0 Å². The highest BCUT2D eigenvalue weighted by molar-refractivity contribution is 9.11. The summed E-state index contributed by atoms with van der Waals surface area (Å²) in [4.78, 5) is 53.1. The van der Waals surface area contributed by atoms with Gasteiger partial charge in [0.25, 0.3) is 0 Å². The summed E-state index contributed by atoms with van der Waals surface area (Å²) in [5.74, 6) is -2.39. The molecule has 0 saturated heterocycles. The Morgan fingerprint density at radius 3 is 1.91 bits per heavy atom.